The quantitative estimate of drug-likeness (QED) is 0.802. The van der Waals surface area contributed by atoms with E-state index in [1.165, 1.54) is 18.2 Å². The van der Waals surface area contributed by atoms with Crippen LogP contribution in [-0.4, -0.2) is 31.8 Å². The highest BCUT2D eigenvalue weighted by molar-refractivity contribution is 7.91. The number of fused-ring (bicyclic) bond motifs is 1. The van der Waals surface area contributed by atoms with Gasteiger partial charge in [0.15, 0.2) is 9.84 Å². The fourth-order valence-electron chi connectivity index (χ4n) is 2.37. The van der Waals surface area contributed by atoms with Crippen LogP contribution < -0.4 is 5.32 Å². The molecule has 18 heavy (non-hydrogen) atoms. The minimum atomic E-state index is -3.41. The third-order valence-electron chi connectivity index (χ3n) is 3.67. The zero-order valence-corrected chi connectivity index (χ0v) is 10.5. The average Bonchev–Trinajstić information content (AvgIpc) is 3.06. The summed E-state index contributed by atoms with van der Waals surface area (Å²) in [6.07, 6.45) is 1.83. The zero-order chi connectivity index (χ0) is 13.0. The normalized spacial score (nSPS) is 22.7. The number of nitrogens with one attached hydrogen (secondary N) is 1. The van der Waals surface area contributed by atoms with Gasteiger partial charge in [0.05, 0.1) is 21.9 Å². The molecule has 1 fully saturated rings. The van der Waals surface area contributed by atoms with Crippen LogP contribution in [0.2, 0.25) is 0 Å². The number of hydrogen-bond acceptors (Lipinski definition) is 4. The predicted molar refractivity (Wildman–Crippen MR) is 65.6 cm³/mol. The van der Waals surface area contributed by atoms with Crippen molar-refractivity contribution in [3.63, 3.8) is 0 Å². The summed E-state index contributed by atoms with van der Waals surface area (Å²) in [5.41, 5.74) is 0.385. The van der Waals surface area contributed by atoms with Crippen molar-refractivity contribution in [3.05, 3.63) is 23.8 Å². The lowest BCUT2D eigenvalue weighted by atomic mass is 10.1. The average molecular weight is 267 g/mol. The summed E-state index contributed by atoms with van der Waals surface area (Å²) >= 11 is 0. The van der Waals surface area contributed by atoms with Gasteiger partial charge in [0, 0.05) is 12.0 Å². The third kappa shape index (κ3) is 1.77. The second-order valence-corrected chi connectivity index (χ2v) is 7.09. The van der Waals surface area contributed by atoms with Gasteiger partial charge in [0.2, 0.25) is 0 Å². The molecule has 3 rings (SSSR count). The van der Waals surface area contributed by atoms with Crippen molar-refractivity contribution < 1.29 is 18.3 Å². The van der Waals surface area contributed by atoms with E-state index in [1.54, 1.807) is 0 Å². The van der Waals surface area contributed by atoms with E-state index >= 15 is 0 Å². The van der Waals surface area contributed by atoms with Gasteiger partial charge in [-0.05, 0) is 31.0 Å². The first kappa shape index (κ1) is 11.5. The number of anilines is 1. The lowest BCUT2D eigenvalue weighted by Gasteiger charge is -2.09. The van der Waals surface area contributed by atoms with E-state index in [0.29, 0.717) is 12.2 Å². The molecule has 0 radical (unpaired) electrons. The van der Waals surface area contributed by atoms with Crippen molar-refractivity contribution in [2.24, 2.45) is 5.41 Å². The molecule has 2 aliphatic rings. The van der Waals surface area contributed by atoms with Crippen LogP contribution in [0, 0.1) is 5.41 Å². The van der Waals surface area contributed by atoms with Crippen LogP contribution in [0.4, 0.5) is 5.69 Å². The van der Waals surface area contributed by atoms with Gasteiger partial charge in [-0.2, -0.15) is 0 Å². The van der Waals surface area contributed by atoms with Crippen molar-refractivity contribution in [2.75, 3.05) is 17.6 Å². The molecule has 1 aliphatic heterocycles. The first-order valence-electron chi connectivity index (χ1n) is 5.76. The molecule has 6 heteroatoms. The molecule has 0 amide bonds. The molecule has 0 unspecified atom stereocenters. The van der Waals surface area contributed by atoms with Crippen LogP contribution in [0.5, 0.6) is 0 Å². The van der Waals surface area contributed by atoms with Gasteiger partial charge < -0.3 is 10.4 Å². The van der Waals surface area contributed by atoms with Gasteiger partial charge in [-0.1, -0.05) is 0 Å². The van der Waals surface area contributed by atoms with Gasteiger partial charge in [0.25, 0.3) is 0 Å². The first-order valence-corrected chi connectivity index (χ1v) is 7.41. The Kier molecular flexibility index (Phi) is 2.22. The molecular weight excluding hydrogens is 254 g/mol. The standard InChI is InChI=1S/C12H13NO4S/c14-11(15)8-1-2-9-10(5-8)18(16,17)7-12(3-4-12)6-13-9/h1-2,5,13H,3-4,6-7H2,(H,14,15). The van der Waals surface area contributed by atoms with Gasteiger partial charge in [-0.25, -0.2) is 13.2 Å². The number of carboxylic acids is 1. The van der Waals surface area contributed by atoms with E-state index in [1.807, 2.05) is 0 Å². The summed E-state index contributed by atoms with van der Waals surface area (Å²) in [6.45, 7) is 0.644. The maximum absolute atomic E-state index is 12.3. The van der Waals surface area contributed by atoms with Crippen molar-refractivity contribution in [3.8, 4) is 0 Å². The topological polar surface area (TPSA) is 83.5 Å². The Bertz CT molecular complexity index is 631. The van der Waals surface area contributed by atoms with Crippen LogP contribution in [-0.2, 0) is 9.84 Å². The molecular formula is C12H13NO4S. The fraction of sp³-hybridized carbons (Fsp3) is 0.417. The Balaban J connectivity index is 2.13. The smallest absolute Gasteiger partial charge is 0.335 e. The molecule has 0 bridgehead atoms. The molecule has 1 aromatic carbocycles. The van der Waals surface area contributed by atoms with Gasteiger partial charge >= 0.3 is 5.97 Å². The van der Waals surface area contributed by atoms with Crippen molar-refractivity contribution in [1.29, 1.82) is 0 Å². The highest BCUT2D eigenvalue weighted by Gasteiger charge is 2.48. The van der Waals surface area contributed by atoms with E-state index in [9.17, 15) is 13.2 Å². The second kappa shape index (κ2) is 3.47. The summed E-state index contributed by atoms with van der Waals surface area (Å²) in [6, 6.07) is 4.22. The summed E-state index contributed by atoms with van der Waals surface area (Å²) in [4.78, 5) is 11.0. The molecule has 1 saturated carbocycles. The number of benzene rings is 1. The van der Waals surface area contributed by atoms with E-state index in [4.69, 9.17) is 5.11 Å². The van der Waals surface area contributed by atoms with E-state index in [2.05, 4.69) is 5.32 Å². The molecule has 1 heterocycles. The maximum Gasteiger partial charge on any atom is 0.335 e. The Morgan fingerprint density at radius 1 is 1.33 bits per heavy atom. The number of rotatable bonds is 1. The predicted octanol–water partition coefficient (Wildman–Crippen LogP) is 1.36. The summed E-state index contributed by atoms with van der Waals surface area (Å²) in [5.74, 6) is -0.998. The van der Waals surface area contributed by atoms with Crippen LogP contribution in [0.1, 0.15) is 23.2 Å². The number of aromatic carboxylic acids is 1. The van der Waals surface area contributed by atoms with Crippen molar-refractivity contribution in [2.45, 2.75) is 17.7 Å². The SMILES string of the molecule is O=C(O)c1ccc2c(c1)S(=O)(=O)CC1(CC1)CN2. The Morgan fingerprint density at radius 3 is 2.67 bits per heavy atom. The molecule has 0 aromatic heterocycles. The first-order chi connectivity index (χ1) is 8.42. The highest BCUT2D eigenvalue weighted by Crippen LogP contribution is 2.49. The summed E-state index contributed by atoms with van der Waals surface area (Å²) < 4.78 is 24.6. The summed E-state index contributed by atoms with van der Waals surface area (Å²) in [7, 11) is -3.41. The molecule has 5 nitrogen and oxygen atoms in total. The molecule has 0 atom stereocenters. The number of carboxylic acid groups (broad SMARTS) is 1. The zero-order valence-electron chi connectivity index (χ0n) is 9.64. The third-order valence-corrected chi connectivity index (χ3v) is 5.67. The highest BCUT2D eigenvalue weighted by atomic mass is 32.2. The molecule has 2 N–H and O–H groups in total. The van der Waals surface area contributed by atoms with Crippen LogP contribution in [0.25, 0.3) is 0 Å². The fourth-order valence-corrected chi connectivity index (χ4v) is 4.51. The number of carbonyl (C=O) groups is 1. The molecule has 1 aliphatic carbocycles. The van der Waals surface area contributed by atoms with Gasteiger partial charge in [0.1, 0.15) is 0 Å². The van der Waals surface area contributed by atoms with E-state index in [0.717, 1.165) is 12.8 Å². The van der Waals surface area contributed by atoms with Crippen molar-refractivity contribution >= 4 is 21.5 Å². The second-order valence-electron chi connectivity index (χ2n) is 5.13. The monoisotopic (exact) mass is 267 g/mol. The lowest BCUT2D eigenvalue weighted by molar-refractivity contribution is 0.0696. The molecule has 1 spiro atoms. The van der Waals surface area contributed by atoms with Crippen LogP contribution in [0.15, 0.2) is 23.1 Å². The van der Waals surface area contributed by atoms with E-state index in [-0.39, 0.29) is 21.6 Å². The van der Waals surface area contributed by atoms with E-state index < -0.39 is 15.8 Å². The minimum absolute atomic E-state index is 0.00544. The number of hydrogen-bond donors (Lipinski definition) is 2. The largest absolute Gasteiger partial charge is 0.478 e. The van der Waals surface area contributed by atoms with Crippen molar-refractivity contribution in [1.82, 2.24) is 0 Å². The Labute approximate surface area is 105 Å². The summed E-state index contributed by atoms with van der Waals surface area (Å²) in [5, 5.41) is 12.1. The molecule has 96 valence electrons. The Morgan fingerprint density at radius 2 is 2.06 bits per heavy atom. The van der Waals surface area contributed by atoms with Gasteiger partial charge in [-0.3, -0.25) is 0 Å². The van der Waals surface area contributed by atoms with Gasteiger partial charge in [-0.15, -0.1) is 0 Å². The minimum Gasteiger partial charge on any atom is -0.478 e. The maximum atomic E-state index is 12.3. The van der Waals surface area contributed by atoms with Crippen LogP contribution >= 0.6 is 0 Å². The molecule has 1 aromatic rings. The molecule has 0 saturated heterocycles. The number of sulfone groups is 1. The lowest BCUT2D eigenvalue weighted by Crippen LogP contribution is -2.20. The Hall–Kier alpha value is -1.56. The van der Waals surface area contributed by atoms with Crippen LogP contribution in [0.3, 0.4) is 0 Å².